The lowest BCUT2D eigenvalue weighted by Gasteiger charge is -1.96. The van der Waals surface area contributed by atoms with Crippen molar-refractivity contribution in [1.82, 2.24) is 20.2 Å². The van der Waals surface area contributed by atoms with Crippen LogP contribution in [0.15, 0.2) is 18.2 Å². The van der Waals surface area contributed by atoms with E-state index in [1.54, 1.807) is 6.07 Å². The molecule has 1 heterocycles. The first-order valence-corrected chi connectivity index (χ1v) is 5.77. The Bertz CT molecular complexity index is 612. The van der Waals surface area contributed by atoms with Crippen LogP contribution in [-0.4, -0.2) is 20.2 Å². The Labute approximate surface area is 109 Å². The van der Waals surface area contributed by atoms with E-state index in [0.717, 1.165) is 6.42 Å². The zero-order valence-corrected chi connectivity index (χ0v) is 10.4. The van der Waals surface area contributed by atoms with Crippen molar-refractivity contribution in [2.75, 3.05) is 0 Å². The maximum Gasteiger partial charge on any atom is 0.205 e. The summed E-state index contributed by atoms with van der Waals surface area (Å²) in [5, 5.41) is 11.8. The second-order valence-corrected chi connectivity index (χ2v) is 3.89. The average molecular weight is 265 g/mol. The first-order valence-electron chi connectivity index (χ1n) is 5.39. The SMILES string of the molecule is CCC#CCn1nnc(-c2ccc(Cl)c(F)c2)n1. The van der Waals surface area contributed by atoms with Crippen molar-refractivity contribution >= 4 is 11.6 Å². The summed E-state index contributed by atoms with van der Waals surface area (Å²) in [5.74, 6) is 5.64. The van der Waals surface area contributed by atoms with Gasteiger partial charge in [-0.05, 0) is 23.4 Å². The lowest BCUT2D eigenvalue weighted by Crippen LogP contribution is -2.00. The number of nitrogens with zero attached hydrogens (tertiary/aromatic N) is 4. The van der Waals surface area contributed by atoms with Gasteiger partial charge in [-0.2, -0.15) is 4.80 Å². The van der Waals surface area contributed by atoms with Crippen LogP contribution in [0.5, 0.6) is 0 Å². The number of hydrogen-bond donors (Lipinski definition) is 0. The third kappa shape index (κ3) is 2.84. The third-order valence-electron chi connectivity index (χ3n) is 2.15. The molecule has 0 saturated heterocycles. The Morgan fingerprint density at radius 2 is 2.22 bits per heavy atom. The van der Waals surface area contributed by atoms with Gasteiger partial charge in [0, 0.05) is 12.0 Å². The number of halogens is 2. The van der Waals surface area contributed by atoms with Gasteiger partial charge < -0.3 is 0 Å². The van der Waals surface area contributed by atoms with Crippen molar-refractivity contribution in [2.24, 2.45) is 0 Å². The molecule has 2 aromatic rings. The second kappa shape index (κ2) is 5.61. The predicted molar refractivity (Wildman–Crippen MR) is 66.3 cm³/mol. The van der Waals surface area contributed by atoms with Crippen molar-refractivity contribution in [3.63, 3.8) is 0 Å². The van der Waals surface area contributed by atoms with Crippen molar-refractivity contribution in [3.05, 3.63) is 29.0 Å². The van der Waals surface area contributed by atoms with Gasteiger partial charge >= 0.3 is 0 Å². The molecule has 0 aliphatic heterocycles. The standard InChI is InChI=1S/C12H10ClFN4/c1-2-3-4-7-18-16-12(15-17-18)9-5-6-10(13)11(14)8-9/h5-6,8H,2,7H2,1H3. The van der Waals surface area contributed by atoms with Crippen LogP contribution in [0.2, 0.25) is 5.02 Å². The van der Waals surface area contributed by atoms with Crippen molar-refractivity contribution in [3.8, 4) is 23.2 Å². The maximum absolute atomic E-state index is 13.3. The molecular formula is C12H10ClFN4. The Balaban J connectivity index is 2.21. The third-order valence-corrected chi connectivity index (χ3v) is 2.46. The minimum absolute atomic E-state index is 0.0694. The zero-order chi connectivity index (χ0) is 13.0. The molecule has 0 bridgehead atoms. The highest BCUT2D eigenvalue weighted by Gasteiger charge is 2.08. The highest BCUT2D eigenvalue weighted by atomic mass is 35.5. The van der Waals surface area contributed by atoms with E-state index in [9.17, 15) is 4.39 Å². The summed E-state index contributed by atoms with van der Waals surface area (Å²) < 4.78 is 13.3. The fourth-order valence-corrected chi connectivity index (χ4v) is 1.43. The van der Waals surface area contributed by atoms with Gasteiger partial charge in [0.05, 0.1) is 5.02 Å². The Morgan fingerprint density at radius 3 is 2.94 bits per heavy atom. The molecule has 0 saturated carbocycles. The summed E-state index contributed by atoms with van der Waals surface area (Å²) in [6, 6.07) is 4.38. The largest absolute Gasteiger partial charge is 0.205 e. The van der Waals surface area contributed by atoms with Crippen LogP contribution >= 0.6 is 11.6 Å². The van der Waals surface area contributed by atoms with E-state index >= 15 is 0 Å². The first kappa shape index (κ1) is 12.5. The normalized spacial score (nSPS) is 9.94. The second-order valence-electron chi connectivity index (χ2n) is 3.48. The highest BCUT2D eigenvalue weighted by molar-refractivity contribution is 6.30. The molecule has 0 atom stereocenters. The van der Waals surface area contributed by atoms with Crippen molar-refractivity contribution < 1.29 is 4.39 Å². The average Bonchev–Trinajstić information content (AvgIpc) is 2.82. The smallest absolute Gasteiger partial charge is 0.205 e. The van der Waals surface area contributed by atoms with E-state index < -0.39 is 5.82 Å². The van der Waals surface area contributed by atoms with Crippen LogP contribution in [-0.2, 0) is 6.54 Å². The molecule has 0 fully saturated rings. The molecular weight excluding hydrogens is 255 g/mol. The van der Waals surface area contributed by atoms with Gasteiger partial charge in [-0.15, -0.1) is 16.1 Å². The summed E-state index contributed by atoms with van der Waals surface area (Å²) >= 11 is 5.60. The summed E-state index contributed by atoms with van der Waals surface area (Å²) in [6.07, 6.45) is 0.782. The number of tetrazole rings is 1. The highest BCUT2D eigenvalue weighted by Crippen LogP contribution is 2.20. The first-order chi connectivity index (χ1) is 8.70. The minimum Gasteiger partial charge on any atom is -0.205 e. The topological polar surface area (TPSA) is 43.6 Å². The fourth-order valence-electron chi connectivity index (χ4n) is 1.31. The summed E-state index contributed by atoms with van der Waals surface area (Å²) in [5.41, 5.74) is 0.534. The van der Waals surface area contributed by atoms with E-state index in [2.05, 4.69) is 27.3 Å². The minimum atomic E-state index is -0.503. The van der Waals surface area contributed by atoms with Gasteiger partial charge in [0.25, 0.3) is 0 Å². The van der Waals surface area contributed by atoms with E-state index in [0.29, 0.717) is 17.9 Å². The molecule has 0 aliphatic rings. The summed E-state index contributed by atoms with van der Waals surface area (Å²) in [7, 11) is 0. The van der Waals surface area contributed by atoms with E-state index in [1.165, 1.54) is 16.9 Å². The number of aromatic nitrogens is 4. The number of rotatable bonds is 2. The van der Waals surface area contributed by atoms with Crippen LogP contribution in [0.3, 0.4) is 0 Å². The number of hydrogen-bond acceptors (Lipinski definition) is 3. The van der Waals surface area contributed by atoms with E-state index in [-0.39, 0.29) is 5.02 Å². The van der Waals surface area contributed by atoms with Crippen LogP contribution in [0, 0.1) is 17.7 Å². The lowest BCUT2D eigenvalue weighted by molar-refractivity contribution is 0.592. The van der Waals surface area contributed by atoms with Crippen LogP contribution in [0.1, 0.15) is 13.3 Å². The Kier molecular flexibility index (Phi) is 3.90. The molecule has 0 N–H and O–H groups in total. The molecule has 0 unspecified atom stereocenters. The monoisotopic (exact) mass is 264 g/mol. The summed E-state index contributed by atoms with van der Waals surface area (Å²) in [6.45, 7) is 2.33. The fraction of sp³-hybridized carbons (Fsp3) is 0.250. The molecule has 92 valence electrons. The number of benzene rings is 1. The van der Waals surface area contributed by atoms with Gasteiger partial charge in [-0.3, -0.25) is 0 Å². The maximum atomic E-state index is 13.3. The Hall–Kier alpha value is -1.93. The van der Waals surface area contributed by atoms with Gasteiger partial charge in [0.2, 0.25) is 5.82 Å². The Morgan fingerprint density at radius 1 is 1.39 bits per heavy atom. The molecule has 18 heavy (non-hydrogen) atoms. The molecule has 6 heteroatoms. The van der Waals surface area contributed by atoms with Gasteiger partial charge in [0.1, 0.15) is 12.4 Å². The van der Waals surface area contributed by atoms with Crippen LogP contribution in [0.4, 0.5) is 4.39 Å². The summed E-state index contributed by atoms with van der Waals surface area (Å²) in [4.78, 5) is 1.37. The molecule has 4 nitrogen and oxygen atoms in total. The van der Waals surface area contributed by atoms with Gasteiger partial charge in [-0.1, -0.05) is 24.4 Å². The van der Waals surface area contributed by atoms with Gasteiger partial charge in [0.15, 0.2) is 0 Å². The molecule has 2 rings (SSSR count). The van der Waals surface area contributed by atoms with Gasteiger partial charge in [-0.25, -0.2) is 4.39 Å². The zero-order valence-electron chi connectivity index (χ0n) is 9.69. The molecule has 0 amide bonds. The van der Waals surface area contributed by atoms with Crippen molar-refractivity contribution in [2.45, 2.75) is 19.9 Å². The van der Waals surface area contributed by atoms with Crippen LogP contribution in [0.25, 0.3) is 11.4 Å². The van der Waals surface area contributed by atoms with E-state index in [1.807, 2.05) is 6.92 Å². The van der Waals surface area contributed by atoms with Crippen LogP contribution < -0.4 is 0 Å². The molecule has 0 aliphatic carbocycles. The quantitative estimate of drug-likeness (QED) is 0.783. The molecule has 0 radical (unpaired) electrons. The van der Waals surface area contributed by atoms with E-state index in [4.69, 9.17) is 11.6 Å². The van der Waals surface area contributed by atoms with Crippen molar-refractivity contribution in [1.29, 1.82) is 0 Å². The molecule has 1 aromatic heterocycles. The predicted octanol–water partition coefficient (Wildman–Crippen LogP) is 2.55. The molecule has 0 spiro atoms. The molecule has 1 aromatic carbocycles. The lowest BCUT2D eigenvalue weighted by atomic mass is 10.2.